The predicted octanol–water partition coefficient (Wildman–Crippen LogP) is 5.52. The molecular weight excluding hydrogens is 455 g/mol. The minimum absolute atomic E-state index is 0.234. The van der Waals surface area contributed by atoms with Crippen LogP contribution in [0.4, 0.5) is 9.18 Å². The van der Waals surface area contributed by atoms with Crippen molar-refractivity contribution in [1.29, 1.82) is 0 Å². The van der Waals surface area contributed by atoms with Gasteiger partial charge in [-0.1, -0.05) is 43.3 Å². The third-order valence-electron chi connectivity index (χ3n) is 5.91. The summed E-state index contributed by atoms with van der Waals surface area (Å²) in [4.78, 5) is 38.7. The summed E-state index contributed by atoms with van der Waals surface area (Å²) < 4.78 is 21.5. The Morgan fingerprint density at radius 3 is 2.59 bits per heavy atom. The maximum atomic E-state index is 14.3. The number of thioether (sulfide) groups is 1. The molecule has 3 aromatic rings. The molecule has 34 heavy (non-hydrogen) atoms. The molecule has 2 aromatic carbocycles. The van der Waals surface area contributed by atoms with E-state index in [1.807, 2.05) is 42.7 Å². The van der Waals surface area contributed by atoms with E-state index in [9.17, 15) is 18.8 Å². The molecule has 2 amide bonds. The van der Waals surface area contributed by atoms with E-state index in [1.54, 1.807) is 31.2 Å². The fraction of sp³-hybridized carbons (Fsp3) is 0.269. The number of halogens is 1. The molecule has 1 aliphatic rings. The van der Waals surface area contributed by atoms with Crippen molar-refractivity contribution >= 4 is 45.9 Å². The second-order valence-corrected chi connectivity index (χ2v) is 9.16. The molecule has 0 N–H and O–H groups in total. The molecule has 2 heterocycles. The largest absolute Gasteiger partial charge is 0.461 e. The van der Waals surface area contributed by atoms with Gasteiger partial charge >= 0.3 is 5.97 Å². The van der Waals surface area contributed by atoms with Crippen LogP contribution in [0.25, 0.3) is 17.0 Å². The first-order valence-electron chi connectivity index (χ1n) is 11.1. The Kier molecular flexibility index (Phi) is 6.88. The number of esters is 1. The van der Waals surface area contributed by atoms with Gasteiger partial charge in [-0.25, -0.2) is 4.39 Å². The van der Waals surface area contributed by atoms with Crippen molar-refractivity contribution in [2.75, 3.05) is 6.54 Å². The summed E-state index contributed by atoms with van der Waals surface area (Å²) in [5.41, 5.74) is 3.07. The number of aromatic nitrogens is 1. The molecule has 0 radical (unpaired) electrons. The van der Waals surface area contributed by atoms with Crippen LogP contribution in [0.1, 0.15) is 37.1 Å². The Balaban J connectivity index is 1.67. The Morgan fingerprint density at radius 1 is 1.15 bits per heavy atom. The number of hydrogen-bond acceptors (Lipinski definition) is 5. The Morgan fingerprint density at radius 2 is 1.85 bits per heavy atom. The van der Waals surface area contributed by atoms with Crippen LogP contribution < -0.4 is 0 Å². The van der Waals surface area contributed by atoms with Crippen molar-refractivity contribution in [3.8, 4) is 0 Å². The normalized spacial score (nSPS) is 16.0. The first-order valence-corrected chi connectivity index (χ1v) is 11.9. The highest BCUT2D eigenvalue weighted by atomic mass is 32.2. The van der Waals surface area contributed by atoms with Crippen molar-refractivity contribution < 1.29 is 23.5 Å². The topological polar surface area (TPSA) is 68.6 Å². The number of carbonyl (C=O) groups is 3. The van der Waals surface area contributed by atoms with E-state index in [0.29, 0.717) is 18.5 Å². The van der Waals surface area contributed by atoms with Crippen LogP contribution in [-0.2, 0) is 20.9 Å². The molecule has 0 spiro atoms. The number of carbonyl (C=O) groups excluding carboxylic acids is 3. The minimum atomic E-state index is -0.615. The lowest BCUT2D eigenvalue weighted by Gasteiger charge is -2.14. The predicted molar refractivity (Wildman–Crippen MR) is 131 cm³/mol. The van der Waals surface area contributed by atoms with Gasteiger partial charge in [-0.2, -0.15) is 0 Å². The van der Waals surface area contributed by atoms with Crippen molar-refractivity contribution in [1.82, 2.24) is 9.47 Å². The van der Waals surface area contributed by atoms with E-state index in [1.165, 1.54) is 6.07 Å². The standard InChI is InChI=1S/C26H25FN2O4S/c1-4-16(2)33-24(30)15-29-25(31)23(34-26(29)32)13-20-17(3)28(22-12-8-6-10-19(20)22)14-18-9-5-7-11-21(18)27/h5-13,16H,4,14-15H2,1-3H3/b23-13-/t16-/m0/s1. The molecule has 6 nitrogen and oxygen atoms in total. The molecule has 1 fully saturated rings. The number of nitrogens with zero attached hydrogens (tertiary/aromatic N) is 2. The van der Waals surface area contributed by atoms with Crippen LogP contribution in [-0.4, -0.2) is 39.2 Å². The summed E-state index contributed by atoms with van der Waals surface area (Å²) in [5, 5.41) is 0.379. The summed E-state index contributed by atoms with van der Waals surface area (Å²) in [7, 11) is 0. The van der Waals surface area contributed by atoms with Gasteiger partial charge in [0.1, 0.15) is 12.4 Å². The SMILES string of the molecule is CC[C@H](C)OC(=O)CN1C(=O)S/C(=C\c2c(C)n(Cc3ccccc3F)c3ccccc23)C1=O. The lowest BCUT2D eigenvalue weighted by Crippen LogP contribution is -2.35. The second kappa shape index (κ2) is 9.85. The summed E-state index contributed by atoms with van der Waals surface area (Å²) >= 11 is 0.798. The van der Waals surface area contributed by atoms with Crippen molar-refractivity contribution in [2.24, 2.45) is 0 Å². The average molecular weight is 481 g/mol. The van der Waals surface area contributed by atoms with Gasteiger partial charge in [0.2, 0.25) is 0 Å². The zero-order valence-corrected chi connectivity index (χ0v) is 20.0. The third-order valence-corrected chi connectivity index (χ3v) is 6.82. The quantitative estimate of drug-likeness (QED) is 0.329. The van der Waals surface area contributed by atoms with E-state index in [2.05, 4.69) is 0 Å². The highest BCUT2D eigenvalue weighted by Gasteiger charge is 2.37. The molecule has 0 aliphatic carbocycles. The maximum Gasteiger partial charge on any atom is 0.326 e. The van der Waals surface area contributed by atoms with Crippen molar-refractivity contribution in [2.45, 2.75) is 39.8 Å². The Hall–Kier alpha value is -3.39. The number of hydrogen-bond donors (Lipinski definition) is 0. The molecule has 1 aromatic heterocycles. The van der Waals surface area contributed by atoms with Crippen LogP contribution >= 0.6 is 11.8 Å². The summed E-state index contributed by atoms with van der Waals surface area (Å²) in [6.45, 7) is 5.45. The van der Waals surface area contributed by atoms with Gasteiger partial charge in [0, 0.05) is 27.7 Å². The molecule has 176 valence electrons. The minimum Gasteiger partial charge on any atom is -0.461 e. The van der Waals surface area contributed by atoms with Crippen LogP contribution in [0.5, 0.6) is 0 Å². The van der Waals surface area contributed by atoms with Crippen LogP contribution in [0.2, 0.25) is 0 Å². The summed E-state index contributed by atoms with van der Waals surface area (Å²) in [6.07, 6.45) is 2.04. The third kappa shape index (κ3) is 4.63. The molecule has 1 saturated heterocycles. The monoisotopic (exact) mass is 480 g/mol. The first kappa shape index (κ1) is 23.8. The Labute approximate surface area is 201 Å². The Bertz CT molecular complexity index is 1310. The molecule has 1 aliphatic heterocycles. The number of para-hydroxylation sites is 1. The molecule has 0 unspecified atom stereocenters. The van der Waals surface area contributed by atoms with E-state index >= 15 is 0 Å². The van der Waals surface area contributed by atoms with Crippen LogP contribution in [0, 0.1) is 12.7 Å². The molecule has 1 atom stereocenters. The summed E-state index contributed by atoms with van der Waals surface area (Å²) in [6, 6.07) is 14.3. The zero-order valence-electron chi connectivity index (χ0n) is 19.2. The highest BCUT2D eigenvalue weighted by Crippen LogP contribution is 2.36. The fourth-order valence-electron chi connectivity index (χ4n) is 3.88. The number of benzene rings is 2. The van der Waals surface area contributed by atoms with E-state index < -0.39 is 23.7 Å². The molecular formula is C26H25FN2O4S. The number of fused-ring (bicyclic) bond motifs is 1. The van der Waals surface area contributed by atoms with Gasteiger partial charge in [-0.05, 0) is 50.2 Å². The fourth-order valence-corrected chi connectivity index (χ4v) is 4.70. The van der Waals surface area contributed by atoms with Gasteiger partial charge in [-0.15, -0.1) is 0 Å². The van der Waals surface area contributed by atoms with E-state index in [-0.39, 0.29) is 16.8 Å². The first-order chi connectivity index (χ1) is 16.3. The smallest absolute Gasteiger partial charge is 0.326 e. The number of ether oxygens (including phenoxy) is 1. The van der Waals surface area contributed by atoms with Crippen LogP contribution in [0.3, 0.4) is 0 Å². The van der Waals surface area contributed by atoms with Gasteiger partial charge < -0.3 is 9.30 Å². The average Bonchev–Trinajstić information content (AvgIpc) is 3.23. The molecule has 0 saturated carbocycles. The zero-order chi connectivity index (χ0) is 24.4. The van der Waals surface area contributed by atoms with Crippen molar-refractivity contribution in [3.05, 3.63) is 76.1 Å². The van der Waals surface area contributed by atoms with Gasteiger partial charge in [-0.3, -0.25) is 19.3 Å². The lowest BCUT2D eigenvalue weighted by molar-refractivity contribution is -0.150. The highest BCUT2D eigenvalue weighted by molar-refractivity contribution is 8.18. The molecule has 0 bridgehead atoms. The second-order valence-electron chi connectivity index (χ2n) is 8.17. The van der Waals surface area contributed by atoms with Gasteiger partial charge in [0.15, 0.2) is 0 Å². The van der Waals surface area contributed by atoms with Gasteiger partial charge in [0.25, 0.3) is 11.1 Å². The van der Waals surface area contributed by atoms with Crippen molar-refractivity contribution in [3.63, 3.8) is 0 Å². The number of rotatable bonds is 7. The van der Waals surface area contributed by atoms with Gasteiger partial charge in [0.05, 0.1) is 17.6 Å². The van der Waals surface area contributed by atoms with Crippen LogP contribution in [0.15, 0.2) is 53.4 Å². The molecule has 4 rings (SSSR count). The molecule has 8 heteroatoms. The maximum absolute atomic E-state index is 14.3. The van der Waals surface area contributed by atoms with E-state index in [4.69, 9.17) is 4.74 Å². The van der Waals surface area contributed by atoms with E-state index in [0.717, 1.165) is 38.8 Å². The number of amides is 2. The number of imide groups is 1. The summed E-state index contributed by atoms with van der Waals surface area (Å²) in [5.74, 6) is -1.43. The lowest BCUT2D eigenvalue weighted by atomic mass is 10.1.